The third-order valence-electron chi connectivity index (χ3n) is 1.75. The molecule has 1 aromatic heterocycles. The van der Waals surface area contributed by atoms with Gasteiger partial charge < -0.3 is 9.73 Å². The van der Waals surface area contributed by atoms with Crippen LogP contribution in [0.1, 0.15) is 5.89 Å². The molecular weight excluding hydrogens is 300 g/mol. The number of hydrogen-bond donors (Lipinski definition) is 1. The van der Waals surface area contributed by atoms with Crippen molar-refractivity contribution >= 4 is 39.2 Å². The minimum Gasteiger partial charge on any atom is -0.407 e. The summed E-state index contributed by atoms with van der Waals surface area (Å²) in [5, 5.41) is 9.95. The summed E-state index contributed by atoms with van der Waals surface area (Å²) in [7, 11) is 0. The van der Waals surface area contributed by atoms with Gasteiger partial charge in [0.15, 0.2) is 0 Å². The fourth-order valence-corrected chi connectivity index (χ4v) is 1.51. The van der Waals surface area contributed by atoms with Gasteiger partial charge in [0.05, 0.1) is 5.69 Å². The minimum absolute atomic E-state index is 0.108. The van der Waals surface area contributed by atoms with Crippen LogP contribution in [0.2, 0.25) is 0 Å². The van der Waals surface area contributed by atoms with Gasteiger partial charge >= 0.3 is 6.01 Å². The number of alkyl halides is 1. The molecule has 1 N–H and O–H groups in total. The van der Waals surface area contributed by atoms with Crippen LogP contribution >= 0.6 is 27.5 Å². The minimum atomic E-state index is -0.417. The summed E-state index contributed by atoms with van der Waals surface area (Å²) in [5.74, 6) is -0.0148. The number of hydrogen-bond acceptors (Lipinski definition) is 4. The van der Waals surface area contributed by atoms with Crippen molar-refractivity contribution in [3.05, 3.63) is 34.4 Å². The van der Waals surface area contributed by atoms with Crippen LogP contribution in [0.3, 0.4) is 0 Å². The third-order valence-corrected chi connectivity index (χ3v) is 2.48. The Morgan fingerprint density at radius 3 is 2.88 bits per heavy atom. The Morgan fingerprint density at radius 1 is 1.44 bits per heavy atom. The van der Waals surface area contributed by atoms with E-state index in [9.17, 15) is 4.39 Å². The lowest BCUT2D eigenvalue weighted by molar-refractivity contribution is 0.529. The van der Waals surface area contributed by atoms with Crippen LogP contribution in [-0.4, -0.2) is 10.2 Å². The number of nitrogens with zero attached hydrogens (tertiary/aromatic N) is 2. The normalized spacial score (nSPS) is 10.4. The summed E-state index contributed by atoms with van der Waals surface area (Å²) in [6.07, 6.45) is 0. The van der Waals surface area contributed by atoms with E-state index in [2.05, 4.69) is 31.4 Å². The second-order valence-electron chi connectivity index (χ2n) is 2.88. The largest absolute Gasteiger partial charge is 0.407 e. The smallest absolute Gasteiger partial charge is 0.320 e. The molecule has 0 unspecified atom stereocenters. The first-order valence-electron chi connectivity index (χ1n) is 4.29. The molecule has 1 aromatic carbocycles. The van der Waals surface area contributed by atoms with Crippen molar-refractivity contribution < 1.29 is 8.81 Å². The van der Waals surface area contributed by atoms with E-state index in [1.807, 2.05) is 0 Å². The van der Waals surface area contributed by atoms with Crippen molar-refractivity contribution in [1.29, 1.82) is 0 Å². The number of benzene rings is 1. The molecule has 0 spiro atoms. The zero-order valence-electron chi connectivity index (χ0n) is 7.88. The lowest BCUT2D eigenvalue weighted by atomic mass is 10.3. The average molecular weight is 307 g/mol. The zero-order valence-corrected chi connectivity index (χ0v) is 10.2. The number of rotatable bonds is 3. The Labute approximate surface area is 104 Å². The maximum Gasteiger partial charge on any atom is 0.320 e. The van der Waals surface area contributed by atoms with Gasteiger partial charge in [-0.15, -0.1) is 16.7 Å². The highest BCUT2D eigenvalue weighted by atomic mass is 79.9. The van der Waals surface area contributed by atoms with E-state index in [1.165, 1.54) is 6.07 Å². The van der Waals surface area contributed by atoms with Crippen molar-refractivity contribution in [2.75, 3.05) is 5.32 Å². The van der Waals surface area contributed by atoms with E-state index in [0.717, 1.165) is 0 Å². The molecule has 1 heterocycles. The second kappa shape index (κ2) is 4.80. The van der Waals surface area contributed by atoms with Gasteiger partial charge in [0.25, 0.3) is 0 Å². The van der Waals surface area contributed by atoms with Crippen molar-refractivity contribution in [2.45, 2.75) is 5.88 Å². The SMILES string of the molecule is Fc1cc(Br)ccc1Nc1nnc(CCl)o1. The fraction of sp³-hybridized carbons (Fsp3) is 0.111. The molecule has 0 saturated carbocycles. The van der Waals surface area contributed by atoms with Crippen LogP contribution in [0, 0.1) is 5.82 Å². The summed E-state index contributed by atoms with van der Waals surface area (Å²) in [6.45, 7) is 0. The average Bonchev–Trinajstić information content (AvgIpc) is 2.70. The number of anilines is 2. The van der Waals surface area contributed by atoms with Crippen molar-refractivity contribution in [3.63, 3.8) is 0 Å². The maximum atomic E-state index is 13.4. The van der Waals surface area contributed by atoms with Crippen LogP contribution in [-0.2, 0) is 5.88 Å². The first-order valence-corrected chi connectivity index (χ1v) is 5.62. The molecule has 0 fully saturated rings. The van der Waals surface area contributed by atoms with Crippen LogP contribution in [0.25, 0.3) is 0 Å². The highest BCUT2D eigenvalue weighted by molar-refractivity contribution is 9.10. The molecule has 0 aliphatic carbocycles. The van der Waals surface area contributed by atoms with Crippen LogP contribution in [0.4, 0.5) is 16.1 Å². The van der Waals surface area contributed by atoms with E-state index in [0.29, 0.717) is 4.47 Å². The molecular formula is C9H6BrClFN3O. The summed E-state index contributed by atoms with van der Waals surface area (Å²) in [4.78, 5) is 0. The number of nitrogens with one attached hydrogen (secondary N) is 1. The second-order valence-corrected chi connectivity index (χ2v) is 4.07. The molecule has 84 valence electrons. The molecule has 0 bridgehead atoms. The Kier molecular flexibility index (Phi) is 3.40. The quantitative estimate of drug-likeness (QED) is 0.882. The van der Waals surface area contributed by atoms with E-state index in [-0.39, 0.29) is 23.5 Å². The number of aromatic nitrogens is 2. The molecule has 0 saturated heterocycles. The van der Waals surface area contributed by atoms with E-state index < -0.39 is 5.82 Å². The van der Waals surface area contributed by atoms with Gasteiger partial charge in [-0.2, -0.15) is 0 Å². The van der Waals surface area contributed by atoms with Gasteiger partial charge in [-0.3, -0.25) is 0 Å². The van der Waals surface area contributed by atoms with Crippen molar-refractivity contribution in [2.24, 2.45) is 0 Å². The van der Waals surface area contributed by atoms with Crippen molar-refractivity contribution in [3.8, 4) is 0 Å². The van der Waals surface area contributed by atoms with Gasteiger partial charge in [0.2, 0.25) is 5.89 Å². The predicted octanol–water partition coefficient (Wildman–Crippen LogP) is 3.45. The predicted molar refractivity (Wildman–Crippen MR) is 61.2 cm³/mol. The summed E-state index contributed by atoms with van der Waals surface area (Å²) in [6, 6.07) is 4.70. The lowest BCUT2D eigenvalue weighted by Gasteiger charge is -2.02. The highest BCUT2D eigenvalue weighted by Crippen LogP contribution is 2.22. The molecule has 7 heteroatoms. The maximum absolute atomic E-state index is 13.4. The molecule has 0 radical (unpaired) electrons. The van der Waals surface area contributed by atoms with E-state index >= 15 is 0 Å². The first-order chi connectivity index (χ1) is 7.69. The topological polar surface area (TPSA) is 51.0 Å². The molecule has 4 nitrogen and oxygen atoms in total. The van der Waals surface area contributed by atoms with Crippen LogP contribution in [0.5, 0.6) is 0 Å². The Bertz CT molecular complexity index is 505. The number of halogens is 3. The summed E-state index contributed by atoms with van der Waals surface area (Å²) >= 11 is 8.65. The van der Waals surface area contributed by atoms with Crippen LogP contribution < -0.4 is 5.32 Å². The van der Waals surface area contributed by atoms with Gasteiger partial charge in [-0.05, 0) is 18.2 Å². The Morgan fingerprint density at radius 2 is 2.25 bits per heavy atom. The van der Waals surface area contributed by atoms with E-state index in [4.69, 9.17) is 16.0 Å². The van der Waals surface area contributed by atoms with Gasteiger partial charge in [0.1, 0.15) is 11.7 Å². The van der Waals surface area contributed by atoms with Crippen molar-refractivity contribution in [1.82, 2.24) is 10.2 Å². The monoisotopic (exact) mass is 305 g/mol. The molecule has 16 heavy (non-hydrogen) atoms. The molecule has 0 atom stereocenters. The highest BCUT2D eigenvalue weighted by Gasteiger charge is 2.08. The molecule has 2 rings (SSSR count). The first kappa shape index (κ1) is 11.3. The van der Waals surface area contributed by atoms with Gasteiger partial charge in [0, 0.05) is 4.47 Å². The Balaban J connectivity index is 2.20. The Hall–Kier alpha value is -1.14. The summed E-state index contributed by atoms with van der Waals surface area (Å²) in [5.41, 5.74) is 0.257. The van der Waals surface area contributed by atoms with Gasteiger partial charge in [-0.1, -0.05) is 21.0 Å². The van der Waals surface area contributed by atoms with E-state index in [1.54, 1.807) is 12.1 Å². The zero-order chi connectivity index (χ0) is 11.5. The standard InChI is InChI=1S/C9H6BrClFN3O/c10-5-1-2-7(6(12)3-5)13-9-15-14-8(4-11)16-9/h1-3H,4H2,(H,13,15). The van der Waals surface area contributed by atoms with Crippen LogP contribution in [0.15, 0.2) is 27.1 Å². The summed E-state index contributed by atoms with van der Waals surface area (Å²) < 4.78 is 19.1. The molecule has 0 aliphatic rings. The fourth-order valence-electron chi connectivity index (χ4n) is 1.06. The van der Waals surface area contributed by atoms with Gasteiger partial charge in [-0.25, -0.2) is 4.39 Å². The molecule has 2 aromatic rings. The third kappa shape index (κ3) is 2.51. The molecule has 0 aliphatic heterocycles. The molecule has 0 amide bonds. The lowest BCUT2D eigenvalue weighted by Crippen LogP contribution is -1.93.